The average Bonchev–Trinajstić information content (AvgIpc) is 2.10. The lowest BCUT2D eigenvalue weighted by molar-refractivity contribution is -0.274. The minimum atomic E-state index is -4.67. The normalized spacial score (nSPS) is 11.6. The molecule has 1 rings (SSSR count). The Morgan fingerprint density at radius 3 is 2.50 bits per heavy atom. The summed E-state index contributed by atoms with van der Waals surface area (Å²) in [6.45, 7) is 0.446. The molecule has 6 heteroatoms. The van der Waals surface area contributed by atoms with Crippen LogP contribution in [0.5, 0.6) is 5.75 Å². The predicted octanol–water partition coefficient (Wildman–Crippen LogP) is 3.54. The Balaban J connectivity index is 2.81. The minimum Gasteiger partial charge on any atom is -0.406 e. The van der Waals surface area contributed by atoms with Crippen LogP contribution in [0.3, 0.4) is 0 Å². The number of ether oxygens (including phenoxy) is 2. The minimum absolute atomic E-state index is 0.229. The molecule has 0 aliphatic heterocycles. The van der Waals surface area contributed by atoms with Gasteiger partial charge in [0.05, 0.1) is 6.61 Å². The Bertz CT molecular complexity index is 352. The molecular weight excluding hydrogens is 289 g/mol. The van der Waals surface area contributed by atoms with E-state index >= 15 is 0 Å². The molecule has 0 heterocycles. The fourth-order valence-corrected chi connectivity index (χ4v) is 1.70. The zero-order valence-corrected chi connectivity index (χ0v) is 10.1. The number of rotatable bonds is 4. The molecule has 90 valence electrons. The van der Waals surface area contributed by atoms with E-state index < -0.39 is 6.36 Å². The third-order valence-corrected chi connectivity index (χ3v) is 2.22. The highest BCUT2D eigenvalue weighted by atomic mass is 79.9. The second kappa shape index (κ2) is 5.54. The van der Waals surface area contributed by atoms with Crippen LogP contribution in [0.15, 0.2) is 22.7 Å². The molecule has 1 aromatic carbocycles. The maximum atomic E-state index is 12.0. The Kier molecular flexibility index (Phi) is 4.61. The van der Waals surface area contributed by atoms with Gasteiger partial charge in [0.25, 0.3) is 0 Å². The van der Waals surface area contributed by atoms with E-state index in [1.54, 1.807) is 6.07 Å². The number of methoxy groups -OCH3 is 1. The van der Waals surface area contributed by atoms with Crippen molar-refractivity contribution in [1.82, 2.24) is 0 Å². The van der Waals surface area contributed by atoms with E-state index in [9.17, 15) is 13.2 Å². The van der Waals surface area contributed by atoms with Crippen molar-refractivity contribution in [3.63, 3.8) is 0 Å². The van der Waals surface area contributed by atoms with Gasteiger partial charge in [-0.25, -0.2) is 0 Å². The molecule has 0 atom stereocenters. The topological polar surface area (TPSA) is 18.5 Å². The Morgan fingerprint density at radius 2 is 1.94 bits per heavy atom. The molecule has 0 saturated carbocycles. The molecule has 0 bridgehead atoms. The van der Waals surface area contributed by atoms with Gasteiger partial charge < -0.3 is 9.47 Å². The molecule has 0 amide bonds. The van der Waals surface area contributed by atoms with Crippen molar-refractivity contribution >= 4 is 15.9 Å². The smallest absolute Gasteiger partial charge is 0.406 e. The highest BCUT2D eigenvalue weighted by Crippen LogP contribution is 2.27. The Labute approximate surface area is 99.5 Å². The van der Waals surface area contributed by atoms with Crippen LogP contribution in [0.2, 0.25) is 0 Å². The summed E-state index contributed by atoms with van der Waals surface area (Å²) >= 11 is 3.12. The second-order valence-electron chi connectivity index (χ2n) is 3.09. The zero-order valence-electron chi connectivity index (χ0n) is 8.47. The number of alkyl halides is 3. The zero-order chi connectivity index (χ0) is 12.2. The van der Waals surface area contributed by atoms with Gasteiger partial charge in [-0.3, -0.25) is 0 Å². The van der Waals surface area contributed by atoms with Crippen LogP contribution in [0, 0.1) is 0 Å². The van der Waals surface area contributed by atoms with Crippen molar-refractivity contribution < 1.29 is 22.6 Å². The van der Waals surface area contributed by atoms with Crippen LogP contribution in [-0.2, 0) is 11.2 Å². The largest absolute Gasteiger partial charge is 0.573 e. The van der Waals surface area contributed by atoms with Gasteiger partial charge in [0, 0.05) is 11.6 Å². The molecular formula is C10H10BrF3O2. The first-order chi connectivity index (χ1) is 7.40. The first kappa shape index (κ1) is 13.3. The van der Waals surface area contributed by atoms with Crippen LogP contribution in [-0.4, -0.2) is 20.1 Å². The van der Waals surface area contributed by atoms with Crippen molar-refractivity contribution in [2.75, 3.05) is 13.7 Å². The van der Waals surface area contributed by atoms with Gasteiger partial charge in [0.15, 0.2) is 0 Å². The molecule has 2 nitrogen and oxygen atoms in total. The highest BCUT2D eigenvalue weighted by molar-refractivity contribution is 9.10. The summed E-state index contributed by atoms with van der Waals surface area (Å²) in [5.74, 6) is -0.229. The molecule has 0 N–H and O–H groups in total. The van der Waals surface area contributed by atoms with Gasteiger partial charge >= 0.3 is 6.36 Å². The van der Waals surface area contributed by atoms with Crippen LogP contribution in [0.1, 0.15) is 5.56 Å². The molecule has 0 radical (unpaired) electrons. The van der Waals surface area contributed by atoms with Crippen LogP contribution in [0.4, 0.5) is 13.2 Å². The highest BCUT2D eigenvalue weighted by Gasteiger charge is 2.31. The summed E-state index contributed by atoms with van der Waals surface area (Å²) < 4.78 is 45.2. The summed E-state index contributed by atoms with van der Waals surface area (Å²) in [5, 5.41) is 0. The lowest BCUT2D eigenvalue weighted by Crippen LogP contribution is -2.17. The first-order valence-corrected chi connectivity index (χ1v) is 5.24. The molecule has 0 aliphatic rings. The van der Waals surface area contributed by atoms with Gasteiger partial charge in [0.2, 0.25) is 0 Å². The van der Waals surface area contributed by atoms with Crippen molar-refractivity contribution in [2.45, 2.75) is 12.8 Å². The maximum Gasteiger partial charge on any atom is 0.573 e. The summed E-state index contributed by atoms with van der Waals surface area (Å²) in [6, 6.07) is 4.34. The van der Waals surface area contributed by atoms with E-state index in [0.29, 0.717) is 17.5 Å². The SMILES string of the molecule is COCCc1cc(Br)cc(OC(F)(F)F)c1. The van der Waals surface area contributed by atoms with E-state index in [0.717, 1.165) is 5.56 Å². The fourth-order valence-electron chi connectivity index (χ4n) is 1.18. The lowest BCUT2D eigenvalue weighted by Gasteiger charge is -2.10. The average molecular weight is 299 g/mol. The Hall–Kier alpha value is -0.750. The molecule has 0 aliphatic carbocycles. The van der Waals surface area contributed by atoms with Gasteiger partial charge in [0.1, 0.15) is 5.75 Å². The molecule has 0 aromatic heterocycles. The first-order valence-electron chi connectivity index (χ1n) is 4.45. The van der Waals surface area contributed by atoms with E-state index in [1.165, 1.54) is 19.2 Å². The van der Waals surface area contributed by atoms with Crippen molar-refractivity contribution in [3.8, 4) is 5.75 Å². The van der Waals surface area contributed by atoms with Crippen molar-refractivity contribution in [3.05, 3.63) is 28.2 Å². The van der Waals surface area contributed by atoms with Gasteiger partial charge in [-0.05, 0) is 30.2 Å². The van der Waals surface area contributed by atoms with Crippen LogP contribution < -0.4 is 4.74 Å². The molecule has 0 spiro atoms. The molecule has 0 fully saturated rings. The van der Waals surface area contributed by atoms with Crippen LogP contribution >= 0.6 is 15.9 Å². The number of hydrogen-bond acceptors (Lipinski definition) is 2. The van der Waals surface area contributed by atoms with E-state index in [4.69, 9.17) is 4.74 Å². The van der Waals surface area contributed by atoms with Gasteiger partial charge in [-0.15, -0.1) is 13.2 Å². The molecule has 16 heavy (non-hydrogen) atoms. The lowest BCUT2D eigenvalue weighted by atomic mass is 10.1. The molecule has 1 aromatic rings. The molecule has 0 saturated heterocycles. The summed E-state index contributed by atoms with van der Waals surface area (Å²) in [4.78, 5) is 0. The summed E-state index contributed by atoms with van der Waals surface area (Å²) in [7, 11) is 1.53. The monoisotopic (exact) mass is 298 g/mol. The fraction of sp³-hybridized carbons (Fsp3) is 0.400. The van der Waals surface area contributed by atoms with Crippen molar-refractivity contribution in [2.24, 2.45) is 0 Å². The molecule has 0 unspecified atom stereocenters. The second-order valence-corrected chi connectivity index (χ2v) is 4.00. The maximum absolute atomic E-state index is 12.0. The standard InChI is InChI=1S/C10H10BrF3O2/c1-15-3-2-7-4-8(11)6-9(5-7)16-10(12,13)14/h4-6H,2-3H2,1H3. The van der Waals surface area contributed by atoms with Crippen molar-refractivity contribution in [1.29, 1.82) is 0 Å². The number of halogens is 4. The van der Waals surface area contributed by atoms with Crippen LogP contribution in [0.25, 0.3) is 0 Å². The van der Waals surface area contributed by atoms with E-state index in [1.807, 2.05) is 0 Å². The van der Waals surface area contributed by atoms with E-state index in [2.05, 4.69) is 20.7 Å². The third kappa shape index (κ3) is 4.85. The Morgan fingerprint density at radius 1 is 1.25 bits per heavy atom. The quantitative estimate of drug-likeness (QED) is 0.846. The summed E-state index contributed by atoms with van der Waals surface area (Å²) in [5.41, 5.74) is 0.718. The van der Waals surface area contributed by atoms with Gasteiger partial charge in [-0.1, -0.05) is 15.9 Å². The van der Waals surface area contributed by atoms with Gasteiger partial charge in [-0.2, -0.15) is 0 Å². The summed E-state index contributed by atoms with van der Waals surface area (Å²) in [6.07, 6.45) is -4.14. The number of benzene rings is 1. The third-order valence-electron chi connectivity index (χ3n) is 1.76. The predicted molar refractivity (Wildman–Crippen MR) is 56.4 cm³/mol. The van der Waals surface area contributed by atoms with E-state index in [-0.39, 0.29) is 5.75 Å². The number of hydrogen-bond donors (Lipinski definition) is 0.